The van der Waals surface area contributed by atoms with Crippen LogP contribution in [0.15, 0.2) is 24.3 Å². The second-order valence-corrected chi connectivity index (χ2v) is 3.76. The van der Waals surface area contributed by atoms with E-state index in [1.807, 2.05) is 0 Å². The molecule has 0 aliphatic carbocycles. The first-order valence-electron chi connectivity index (χ1n) is 5.55. The summed E-state index contributed by atoms with van der Waals surface area (Å²) >= 11 is 0. The van der Waals surface area contributed by atoms with E-state index in [4.69, 9.17) is 0 Å². The highest BCUT2D eigenvalue weighted by Crippen LogP contribution is 2.16. The lowest BCUT2D eigenvalue weighted by Gasteiger charge is -2.09. The quantitative estimate of drug-likeness (QED) is 0.392. The molecule has 0 amide bonds. The summed E-state index contributed by atoms with van der Waals surface area (Å²) in [6, 6.07) is 0. The van der Waals surface area contributed by atoms with E-state index >= 15 is 0 Å². The third kappa shape index (κ3) is 6.62. The van der Waals surface area contributed by atoms with Gasteiger partial charge in [-0.15, -0.1) is 0 Å². The summed E-state index contributed by atoms with van der Waals surface area (Å²) in [6.45, 7) is 10.7. The summed E-state index contributed by atoms with van der Waals surface area (Å²) in [7, 11) is 0. The van der Waals surface area contributed by atoms with Gasteiger partial charge in [0.25, 0.3) is 0 Å². The van der Waals surface area contributed by atoms with E-state index in [0.29, 0.717) is 5.92 Å². The van der Waals surface area contributed by atoms with Gasteiger partial charge in [-0.2, -0.15) is 0 Å². The van der Waals surface area contributed by atoms with Gasteiger partial charge in [0.2, 0.25) is 0 Å². The lowest BCUT2D eigenvalue weighted by molar-refractivity contribution is 0.669. The van der Waals surface area contributed by atoms with Crippen molar-refractivity contribution in [3.8, 4) is 0 Å². The Morgan fingerprint density at radius 2 is 2.00 bits per heavy atom. The summed E-state index contributed by atoms with van der Waals surface area (Å²) < 4.78 is 0. The molecule has 0 fully saturated rings. The molecule has 0 aliphatic rings. The van der Waals surface area contributed by atoms with Gasteiger partial charge in [0.05, 0.1) is 0 Å². The number of hydrogen-bond donors (Lipinski definition) is 0. The number of rotatable bonds is 7. The summed E-state index contributed by atoms with van der Waals surface area (Å²) in [5.41, 5.74) is 1.38. The van der Waals surface area contributed by atoms with Crippen LogP contribution in [0.2, 0.25) is 0 Å². The van der Waals surface area contributed by atoms with Crippen LogP contribution < -0.4 is 0 Å². The zero-order valence-electron chi connectivity index (χ0n) is 9.47. The van der Waals surface area contributed by atoms with Crippen LogP contribution in [0, 0.1) is 5.92 Å². The lowest BCUT2D eigenvalue weighted by atomic mass is 9.97. The minimum atomic E-state index is 0.655. The molecule has 0 heteroatoms. The van der Waals surface area contributed by atoms with E-state index in [-0.39, 0.29) is 0 Å². The van der Waals surface area contributed by atoms with Crippen LogP contribution in [0.5, 0.6) is 0 Å². The van der Waals surface area contributed by atoms with Crippen molar-refractivity contribution in [2.45, 2.75) is 52.9 Å². The number of hydrogen-bond acceptors (Lipinski definition) is 0. The summed E-state index contributed by atoms with van der Waals surface area (Å²) in [4.78, 5) is 0. The maximum Gasteiger partial charge on any atom is -0.0200 e. The molecule has 0 N–H and O–H groups in total. The smallest absolute Gasteiger partial charge is 0.0200 e. The van der Waals surface area contributed by atoms with Gasteiger partial charge in [-0.1, -0.05) is 57.9 Å². The molecular weight excluding hydrogens is 156 g/mol. The van der Waals surface area contributed by atoms with Crippen LogP contribution in [-0.2, 0) is 0 Å². The first kappa shape index (κ1) is 12.5. The van der Waals surface area contributed by atoms with Crippen molar-refractivity contribution in [2.24, 2.45) is 5.92 Å². The Balaban J connectivity index is 3.51. The highest BCUT2D eigenvalue weighted by Gasteiger charge is 2.00. The topological polar surface area (TPSA) is 0 Å². The van der Waals surface area contributed by atoms with Gasteiger partial charge >= 0.3 is 0 Å². The van der Waals surface area contributed by atoms with Crippen LogP contribution >= 0.6 is 0 Å². The van der Waals surface area contributed by atoms with Crippen molar-refractivity contribution in [1.29, 1.82) is 0 Å². The molecular formula is C13H24. The predicted molar refractivity (Wildman–Crippen MR) is 61.9 cm³/mol. The first-order chi connectivity index (χ1) is 6.22. The van der Waals surface area contributed by atoms with Crippen molar-refractivity contribution in [1.82, 2.24) is 0 Å². The van der Waals surface area contributed by atoms with Gasteiger partial charge in [-0.25, -0.2) is 0 Å². The highest BCUT2D eigenvalue weighted by molar-refractivity contribution is 5.00. The Morgan fingerprint density at radius 3 is 2.54 bits per heavy atom. The SMILES string of the molecule is C=C(CC)C(C)CC=CCCCC. The summed E-state index contributed by atoms with van der Waals surface area (Å²) in [6.07, 6.45) is 10.7. The first-order valence-corrected chi connectivity index (χ1v) is 5.55. The highest BCUT2D eigenvalue weighted by atomic mass is 14.1. The van der Waals surface area contributed by atoms with Crippen LogP contribution in [-0.4, -0.2) is 0 Å². The maximum atomic E-state index is 4.05. The third-order valence-corrected chi connectivity index (χ3v) is 2.53. The van der Waals surface area contributed by atoms with Gasteiger partial charge in [-0.3, -0.25) is 0 Å². The largest absolute Gasteiger partial charge is 0.0996 e. The molecule has 0 spiro atoms. The normalized spacial score (nSPS) is 13.5. The van der Waals surface area contributed by atoms with Gasteiger partial charge in [-0.05, 0) is 25.2 Å². The fraction of sp³-hybridized carbons (Fsp3) is 0.692. The van der Waals surface area contributed by atoms with Crippen LogP contribution in [0.4, 0.5) is 0 Å². The van der Waals surface area contributed by atoms with Crippen molar-refractivity contribution in [2.75, 3.05) is 0 Å². The van der Waals surface area contributed by atoms with E-state index in [9.17, 15) is 0 Å². The zero-order valence-corrected chi connectivity index (χ0v) is 9.47. The Bertz CT molecular complexity index is 153. The fourth-order valence-corrected chi connectivity index (χ4v) is 1.26. The molecule has 0 aromatic heterocycles. The van der Waals surface area contributed by atoms with Crippen LogP contribution in [0.3, 0.4) is 0 Å². The standard InChI is InChI=1S/C13H24/c1-5-7-8-9-10-11-13(4)12(3)6-2/h9-10,13H,3,5-8,11H2,1-2,4H3. The molecule has 13 heavy (non-hydrogen) atoms. The number of unbranched alkanes of at least 4 members (excludes halogenated alkanes) is 2. The van der Waals surface area contributed by atoms with Gasteiger partial charge in [0, 0.05) is 0 Å². The Morgan fingerprint density at radius 1 is 1.31 bits per heavy atom. The average Bonchev–Trinajstić information content (AvgIpc) is 2.16. The second kappa shape index (κ2) is 8.10. The minimum absolute atomic E-state index is 0.655. The number of allylic oxidation sites excluding steroid dienone is 3. The lowest BCUT2D eigenvalue weighted by Crippen LogP contribution is -1.94. The average molecular weight is 180 g/mol. The molecule has 0 aliphatic heterocycles. The molecule has 1 unspecified atom stereocenters. The van der Waals surface area contributed by atoms with Crippen molar-refractivity contribution in [3.63, 3.8) is 0 Å². The Hall–Kier alpha value is -0.520. The summed E-state index contributed by atoms with van der Waals surface area (Å²) in [5, 5.41) is 0. The van der Waals surface area contributed by atoms with E-state index < -0.39 is 0 Å². The molecule has 1 atom stereocenters. The minimum Gasteiger partial charge on any atom is -0.0996 e. The zero-order chi connectivity index (χ0) is 10.1. The molecule has 0 rings (SSSR count). The van der Waals surface area contributed by atoms with E-state index in [0.717, 1.165) is 12.8 Å². The molecule has 0 aromatic carbocycles. The van der Waals surface area contributed by atoms with Crippen molar-refractivity contribution in [3.05, 3.63) is 24.3 Å². The van der Waals surface area contributed by atoms with Crippen molar-refractivity contribution < 1.29 is 0 Å². The van der Waals surface area contributed by atoms with E-state index in [1.165, 1.54) is 24.8 Å². The van der Waals surface area contributed by atoms with Crippen LogP contribution in [0.25, 0.3) is 0 Å². The molecule has 76 valence electrons. The van der Waals surface area contributed by atoms with E-state index in [2.05, 4.69) is 39.5 Å². The van der Waals surface area contributed by atoms with Gasteiger partial charge in [0.15, 0.2) is 0 Å². The maximum absolute atomic E-state index is 4.05. The molecule has 0 nitrogen and oxygen atoms in total. The van der Waals surface area contributed by atoms with Crippen molar-refractivity contribution >= 4 is 0 Å². The molecule has 0 aromatic rings. The third-order valence-electron chi connectivity index (χ3n) is 2.53. The molecule has 0 saturated heterocycles. The van der Waals surface area contributed by atoms with E-state index in [1.54, 1.807) is 0 Å². The Kier molecular flexibility index (Phi) is 7.77. The van der Waals surface area contributed by atoms with Crippen LogP contribution in [0.1, 0.15) is 52.9 Å². The Labute approximate surface area is 83.7 Å². The predicted octanol–water partition coefficient (Wildman–Crippen LogP) is 4.73. The molecule has 0 heterocycles. The second-order valence-electron chi connectivity index (χ2n) is 3.76. The molecule has 0 radical (unpaired) electrons. The molecule has 0 saturated carbocycles. The fourth-order valence-electron chi connectivity index (χ4n) is 1.26. The van der Waals surface area contributed by atoms with Gasteiger partial charge < -0.3 is 0 Å². The molecule has 0 bridgehead atoms. The monoisotopic (exact) mass is 180 g/mol. The van der Waals surface area contributed by atoms with Gasteiger partial charge in [0.1, 0.15) is 0 Å². The summed E-state index contributed by atoms with van der Waals surface area (Å²) in [5.74, 6) is 0.655.